The zero-order valence-corrected chi connectivity index (χ0v) is 9.37. The molecule has 0 saturated carbocycles. The van der Waals surface area contributed by atoms with Gasteiger partial charge >= 0.3 is 0 Å². The average molecular weight is 219 g/mol. The predicted molar refractivity (Wildman–Crippen MR) is 59.3 cm³/mol. The summed E-state index contributed by atoms with van der Waals surface area (Å²) >= 11 is 7.53. The number of halogens is 1. The molecule has 0 aliphatic rings. The molecule has 0 spiro atoms. The van der Waals surface area contributed by atoms with Crippen molar-refractivity contribution < 1.29 is 0 Å². The van der Waals surface area contributed by atoms with Crippen molar-refractivity contribution in [2.45, 2.75) is 13.0 Å². The van der Waals surface area contributed by atoms with E-state index in [1.54, 1.807) is 11.3 Å². The Morgan fingerprint density at radius 1 is 1.62 bits per heavy atom. The highest BCUT2D eigenvalue weighted by molar-refractivity contribution is 7.10. The van der Waals surface area contributed by atoms with Gasteiger partial charge in [0.2, 0.25) is 0 Å². The van der Waals surface area contributed by atoms with Gasteiger partial charge in [0.15, 0.2) is 0 Å². The van der Waals surface area contributed by atoms with Crippen molar-refractivity contribution in [2.75, 3.05) is 20.1 Å². The second-order valence-corrected chi connectivity index (χ2v) is 4.54. The second kappa shape index (κ2) is 5.60. The van der Waals surface area contributed by atoms with Crippen molar-refractivity contribution in [1.29, 1.82) is 0 Å². The summed E-state index contributed by atoms with van der Waals surface area (Å²) in [5.74, 6) is 0. The van der Waals surface area contributed by atoms with Gasteiger partial charge in [-0.1, -0.05) is 11.6 Å². The van der Waals surface area contributed by atoms with Crippen LogP contribution < -0.4 is 5.73 Å². The first kappa shape index (κ1) is 11.0. The lowest BCUT2D eigenvalue weighted by molar-refractivity contribution is 0.327. The maximum atomic E-state index is 5.82. The molecule has 0 amide bonds. The largest absolute Gasteiger partial charge is 0.330 e. The first-order valence-electron chi connectivity index (χ1n) is 4.34. The predicted octanol–water partition coefficient (Wildman–Crippen LogP) is 2.18. The molecule has 13 heavy (non-hydrogen) atoms. The summed E-state index contributed by atoms with van der Waals surface area (Å²) < 4.78 is 0. The van der Waals surface area contributed by atoms with Gasteiger partial charge in [-0.3, -0.25) is 0 Å². The van der Waals surface area contributed by atoms with E-state index >= 15 is 0 Å². The molecule has 1 aromatic heterocycles. The average Bonchev–Trinajstić information content (AvgIpc) is 2.48. The van der Waals surface area contributed by atoms with Crippen molar-refractivity contribution in [3.8, 4) is 0 Å². The fourth-order valence-electron chi connectivity index (χ4n) is 1.14. The van der Waals surface area contributed by atoms with Crippen LogP contribution in [0.1, 0.15) is 11.3 Å². The van der Waals surface area contributed by atoms with Crippen LogP contribution in [-0.4, -0.2) is 25.0 Å². The third-order valence-electron chi connectivity index (χ3n) is 1.79. The van der Waals surface area contributed by atoms with Crippen LogP contribution in [0, 0.1) is 0 Å². The molecule has 1 heterocycles. The van der Waals surface area contributed by atoms with Crippen LogP contribution in [0.2, 0.25) is 5.02 Å². The zero-order chi connectivity index (χ0) is 9.68. The normalized spacial score (nSPS) is 11.1. The summed E-state index contributed by atoms with van der Waals surface area (Å²) in [5, 5.41) is 2.81. The van der Waals surface area contributed by atoms with Crippen LogP contribution in [0.15, 0.2) is 11.4 Å². The molecule has 0 radical (unpaired) electrons. The van der Waals surface area contributed by atoms with E-state index in [0.29, 0.717) is 0 Å². The van der Waals surface area contributed by atoms with Crippen molar-refractivity contribution >= 4 is 22.9 Å². The quantitative estimate of drug-likeness (QED) is 0.821. The molecule has 0 aromatic carbocycles. The van der Waals surface area contributed by atoms with Crippen molar-refractivity contribution in [1.82, 2.24) is 4.90 Å². The Kier molecular flexibility index (Phi) is 4.73. The first-order valence-corrected chi connectivity index (χ1v) is 5.59. The Labute approximate surface area is 88.3 Å². The van der Waals surface area contributed by atoms with Gasteiger partial charge in [-0.25, -0.2) is 0 Å². The molecule has 0 unspecified atom stereocenters. The fourth-order valence-corrected chi connectivity index (χ4v) is 2.29. The molecule has 0 atom stereocenters. The summed E-state index contributed by atoms with van der Waals surface area (Å²) in [7, 11) is 2.10. The molecule has 0 aliphatic carbocycles. The van der Waals surface area contributed by atoms with Gasteiger partial charge in [0, 0.05) is 16.8 Å². The Hall–Kier alpha value is -0.0900. The van der Waals surface area contributed by atoms with Gasteiger partial charge in [-0.2, -0.15) is 0 Å². The van der Waals surface area contributed by atoms with Crippen molar-refractivity contribution in [2.24, 2.45) is 5.73 Å². The first-order chi connectivity index (χ1) is 6.22. The second-order valence-electron chi connectivity index (χ2n) is 3.11. The van der Waals surface area contributed by atoms with E-state index in [4.69, 9.17) is 17.3 Å². The molecule has 74 valence electrons. The monoisotopic (exact) mass is 218 g/mol. The van der Waals surface area contributed by atoms with E-state index in [1.807, 2.05) is 11.4 Å². The van der Waals surface area contributed by atoms with Crippen molar-refractivity contribution in [3.05, 3.63) is 21.3 Å². The maximum Gasteiger partial charge on any atom is 0.0516 e. The SMILES string of the molecule is CN(CCCN)Cc1cc(Cl)cs1. The van der Waals surface area contributed by atoms with Crippen molar-refractivity contribution in [3.63, 3.8) is 0 Å². The Balaban J connectivity index is 2.31. The Morgan fingerprint density at radius 2 is 2.38 bits per heavy atom. The van der Waals surface area contributed by atoms with E-state index < -0.39 is 0 Å². The van der Waals surface area contributed by atoms with E-state index in [-0.39, 0.29) is 0 Å². The zero-order valence-electron chi connectivity index (χ0n) is 7.79. The lowest BCUT2D eigenvalue weighted by Gasteiger charge is -2.14. The minimum absolute atomic E-state index is 0.759. The molecule has 0 saturated heterocycles. The van der Waals surface area contributed by atoms with E-state index in [0.717, 1.165) is 31.1 Å². The van der Waals surface area contributed by atoms with E-state index in [9.17, 15) is 0 Å². The molecular formula is C9H15ClN2S. The lowest BCUT2D eigenvalue weighted by atomic mass is 10.3. The summed E-state index contributed by atoms with van der Waals surface area (Å²) in [6.07, 6.45) is 1.05. The summed E-state index contributed by atoms with van der Waals surface area (Å²) in [6, 6.07) is 2.02. The minimum atomic E-state index is 0.759. The van der Waals surface area contributed by atoms with Crippen LogP contribution in [0.5, 0.6) is 0 Å². The highest BCUT2D eigenvalue weighted by atomic mass is 35.5. The molecule has 4 heteroatoms. The number of nitrogens with two attached hydrogens (primary N) is 1. The molecule has 2 N–H and O–H groups in total. The number of thiophene rings is 1. The van der Waals surface area contributed by atoms with Gasteiger partial charge in [-0.15, -0.1) is 11.3 Å². The van der Waals surface area contributed by atoms with Crippen LogP contribution in [0.25, 0.3) is 0 Å². The molecule has 0 bridgehead atoms. The number of rotatable bonds is 5. The number of hydrogen-bond acceptors (Lipinski definition) is 3. The van der Waals surface area contributed by atoms with Crippen LogP contribution >= 0.6 is 22.9 Å². The summed E-state index contributed by atoms with van der Waals surface area (Å²) in [4.78, 5) is 3.57. The van der Waals surface area contributed by atoms with Gasteiger partial charge in [0.25, 0.3) is 0 Å². The van der Waals surface area contributed by atoms with Crippen LogP contribution in [-0.2, 0) is 6.54 Å². The Morgan fingerprint density at radius 3 is 2.92 bits per heavy atom. The Bertz CT molecular complexity index is 250. The van der Waals surface area contributed by atoms with Gasteiger partial charge in [0.1, 0.15) is 0 Å². The van der Waals surface area contributed by atoms with Crippen LogP contribution in [0.3, 0.4) is 0 Å². The van der Waals surface area contributed by atoms with Crippen LogP contribution in [0.4, 0.5) is 0 Å². The molecule has 2 nitrogen and oxygen atoms in total. The highest BCUT2D eigenvalue weighted by Gasteiger charge is 2.01. The highest BCUT2D eigenvalue weighted by Crippen LogP contribution is 2.20. The molecule has 0 fully saturated rings. The molecule has 1 rings (SSSR count). The van der Waals surface area contributed by atoms with Gasteiger partial charge < -0.3 is 10.6 Å². The number of nitrogens with zero attached hydrogens (tertiary/aromatic N) is 1. The van der Waals surface area contributed by atoms with E-state index in [2.05, 4.69) is 11.9 Å². The molecule has 0 aliphatic heterocycles. The third-order valence-corrected chi connectivity index (χ3v) is 3.06. The van der Waals surface area contributed by atoms with Gasteiger partial charge in [-0.05, 0) is 32.6 Å². The smallest absolute Gasteiger partial charge is 0.0516 e. The molecular weight excluding hydrogens is 204 g/mol. The topological polar surface area (TPSA) is 29.3 Å². The third kappa shape index (κ3) is 4.09. The fraction of sp³-hybridized carbons (Fsp3) is 0.556. The lowest BCUT2D eigenvalue weighted by Crippen LogP contribution is -2.20. The van der Waals surface area contributed by atoms with Gasteiger partial charge in [0.05, 0.1) is 5.02 Å². The molecule has 1 aromatic rings. The summed E-state index contributed by atoms with van der Waals surface area (Å²) in [5.41, 5.74) is 5.43. The summed E-state index contributed by atoms with van der Waals surface area (Å²) in [6.45, 7) is 2.78. The minimum Gasteiger partial charge on any atom is -0.330 e. The number of hydrogen-bond donors (Lipinski definition) is 1. The van der Waals surface area contributed by atoms with E-state index in [1.165, 1.54) is 4.88 Å². The maximum absolute atomic E-state index is 5.82. The standard InChI is InChI=1S/C9H15ClN2S/c1-12(4-2-3-11)6-9-5-8(10)7-13-9/h5,7H,2-4,6,11H2,1H3.